The number of benzene rings is 1. The lowest BCUT2D eigenvalue weighted by atomic mass is 9.93. The summed E-state index contributed by atoms with van der Waals surface area (Å²) in [6, 6.07) is 6.44. The fraction of sp³-hybridized carbons (Fsp3) is 0.455. The largest absolute Gasteiger partial charge is 0.497 e. The summed E-state index contributed by atoms with van der Waals surface area (Å²) in [6.07, 6.45) is -3.10. The van der Waals surface area contributed by atoms with E-state index in [0.29, 0.717) is 11.3 Å². The maximum Gasteiger partial charge on any atom is 0.241 e. The lowest BCUT2D eigenvalue weighted by Gasteiger charge is -2.23. The van der Waals surface area contributed by atoms with Crippen LogP contribution < -0.4 is 4.74 Å². The minimum atomic E-state index is -2.53. The average molecular weight is 216 g/mol. The van der Waals surface area contributed by atoms with Crippen molar-refractivity contribution in [2.75, 3.05) is 7.11 Å². The molecule has 0 bridgehead atoms. The second-order valence-corrected chi connectivity index (χ2v) is 3.60. The summed E-state index contributed by atoms with van der Waals surface area (Å²) in [4.78, 5) is 0. The Morgan fingerprint density at radius 1 is 1.33 bits per heavy atom. The summed E-state index contributed by atoms with van der Waals surface area (Å²) in [5.74, 6) is 0.631. The summed E-state index contributed by atoms with van der Waals surface area (Å²) < 4.78 is 29.3. The number of alkyl halides is 2. The molecule has 0 aliphatic heterocycles. The summed E-state index contributed by atoms with van der Waals surface area (Å²) in [5.41, 5.74) is -1.04. The second kappa shape index (κ2) is 4.57. The molecule has 0 aromatic heterocycles. The third kappa shape index (κ3) is 3.16. The average Bonchev–Trinajstić information content (AvgIpc) is 2.16. The molecule has 1 aromatic rings. The van der Waals surface area contributed by atoms with Gasteiger partial charge in [0.2, 0.25) is 6.43 Å². The van der Waals surface area contributed by atoms with E-state index in [1.807, 2.05) is 0 Å². The molecule has 2 nitrogen and oxygen atoms in total. The molecule has 0 fully saturated rings. The third-order valence-corrected chi connectivity index (χ3v) is 2.26. The molecule has 0 heterocycles. The van der Waals surface area contributed by atoms with Crippen LogP contribution in [-0.2, 0) is 5.60 Å². The molecule has 84 valence electrons. The first-order valence-electron chi connectivity index (χ1n) is 4.61. The highest BCUT2D eigenvalue weighted by Crippen LogP contribution is 2.28. The van der Waals surface area contributed by atoms with Crippen LogP contribution in [0, 0.1) is 0 Å². The van der Waals surface area contributed by atoms with Crippen molar-refractivity contribution in [2.24, 2.45) is 0 Å². The van der Waals surface area contributed by atoms with Crippen LogP contribution in [0.3, 0.4) is 0 Å². The molecule has 1 rings (SSSR count). The van der Waals surface area contributed by atoms with Gasteiger partial charge in [-0.05, 0) is 24.6 Å². The smallest absolute Gasteiger partial charge is 0.241 e. The Labute approximate surface area is 87.5 Å². The normalized spacial score (nSPS) is 15.1. The van der Waals surface area contributed by atoms with Crippen molar-refractivity contribution in [3.05, 3.63) is 29.8 Å². The Morgan fingerprint density at radius 2 is 1.87 bits per heavy atom. The summed E-state index contributed by atoms with van der Waals surface area (Å²) in [5, 5.41) is 9.80. The molecule has 0 aliphatic carbocycles. The van der Waals surface area contributed by atoms with Crippen LogP contribution in [0.2, 0.25) is 0 Å². The molecule has 0 radical (unpaired) electrons. The van der Waals surface area contributed by atoms with Gasteiger partial charge in [-0.25, -0.2) is 8.78 Å². The standard InChI is InChI=1S/C11H14F2O2/c1-11(14,7-10(12)13)8-3-5-9(15-2)6-4-8/h3-6,10,14H,7H2,1-2H3. The van der Waals surface area contributed by atoms with E-state index in [4.69, 9.17) is 4.74 Å². The van der Waals surface area contributed by atoms with Crippen molar-refractivity contribution in [1.29, 1.82) is 0 Å². The van der Waals surface area contributed by atoms with Gasteiger partial charge >= 0.3 is 0 Å². The fourth-order valence-electron chi connectivity index (χ4n) is 1.37. The molecule has 0 saturated heterocycles. The first-order chi connectivity index (χ1) is 6.95. The van der Waals surface area contributed by atoms with Crippen molar-refractivity contribution >= 4 is 0 Å². The zero-order valence-corrected chi connectivity index (χ0v) is 8.71. The number of rotatable bonds is 4. The van der Waals surface area contributed by atoms with Gasteiger partial charge < -0.3 is 9.84 Å². The number of hydrogen-bond donors (Lipinski definition) is 1. The molecule has 1 N–H and O–H groups in total. The Balaban J connectivity index is 2.85. The van der Waals surface area contributed by atoms with Gasteiger partial charge in [0.25, 0.3) is 0 Å². The van der Waals surface area contributed by atoms with Gasteiger partial charge in [0, 0.05) is 6.42 Å². The number of halogens is 2. The Morgan fingerprint density at radius 3 is 2.27 bits per heavy atom. The van der Waals surface area contributed by atoms with E-state index < -0.39 is 18.4 Å². The number of ether oxygens (including phenoxy) is 1. The van der Waals surface area contributed by atoms with E-state index in [-0.39, 0.29) is 0 Å². The monoisotopic (exact) mass is 216 g/mol. The van der Waals surface area contributed by atoms with E-state index in [9.17, 15) is 13.9 Å². The quantitative estimate of drug-likeness (QED) is 0.838. The van der Waals surface area contributed by atoms with Crippen molar-refractivity contribution in [3.63, 3.8) is 0 Å². The highest BCUT2D eigenvalue weighted by atomic mass is 19.3. The van der Waals surface area contributed by atoms with Crippen LogP contribution in [0.5, 0.6) is 5.75 Å². The summed E-state index contributed by atoms with van der Waals surface area (Å²) in [6.45, 7) is 1.38. The van der Waals surface area contributed by atoms with Crippen molar-refractivity contribution < 1.29 is 18.6 Å². The predicted octanol–water partition coefficient (Wildman–Crippen LogP) is 2.56. The van der Waals surface area contributed by atoms with E-state index in [1.54, 1.807) is 24.3 Å². The zero-order chi connectivity index (χ0) is 11.5. The highest BCUT2D eigenvalue weighted by Gasteiger charge is 2.27. The van der Waals surface area contributed by atoms with Crippen molar-refractivity contribution in [1.82, 2.24) is 0 Å². The van der Waals surface area contributed by atoms with Gasteiger partial charge in [-0.2, -0.15) is 0 Å². The van der Waals surface area contributed by atoms with Crippen LogP contribution in [0.15, 0.2) is 24.3 Å². The summed E-state index contributed by atoms with van der Waals surface area (Å²) in [7, 11) is 1.52. The minimum Gasteiger partial charge on any atom is -0.497 e. The number of hydrogen-bond acceptors (Lipinski definition) is 2. The Hall–Kier alpha value is -1.16. The van der Waals surface area contributed by atoms with Gasteiger partial charge in [-0.1, -0.05) is 12.1 Å². The topological polar surface area (TPSA) is 29.5 Å². The van der Waals surface area contributed by atoms with Crippen LogP contribution in [0.1, 0.15) is 18.9 Å². The zero-order valence-electron chi connectivity index (χ0n) is 8.71. The molecule has 0 amide bonds. The highest BCUT2D eigenvalue weighted by molar-refractivity contribution is 5.30. The summed E-state index contributed by atoms with van der Waals surface area (Å²) >= 11 is 0. The van der Waals surface area contributed by atoms with Gasteiger partial charge in [0.1, 0.15) is 5.75 Å². The lowest BCUT2D eigenvalue weighted by Crippen LogP contribution is -2.24. The van der Waals surface area contributed by atoms with Crippen molar-refractivity contribution in [3.8, 4) is 5.75 Å². The van der Waals surface area contributed by atoms with Gasteiger partial charge in [0.15, 0.2) is 0 Å². The molecule has 0 spiro atoms. The molecule has 1 aromatic carbocycles. The molecule has 1 atom stereocenters. The van der Waals surface area contributed by atoms with Gasteiger partial charge in [-0.15, -0.1) is 0 Å². The van der Waals surface area contributed by atoms with Crippen molar-refractivity contribution in [2.45, 2.75) is 25.4 Å². The fourth-order valence-corrected chi connectivity index (χ4v) is 1.37. The minimum absolute atomic E-state index is 0.462. The maximum absolute atomic E-state index is 12.2. The molecule has 0 saturated carbocycles. The van der Waals surface area contributed by atoms with E-state index in [1.165, 1.54) is 14.0 Å². The Bertz CT molecular complexity index is 307. The lowest BCUT2D eigenvalue weighted by molar-refractivity contribution is -0.0124. The SMILES string of the molecule is COc1ccc(C(C)(O)CC(F)F)cc1. The first-order valence-corrected chi connectivity index (χ1v) is 4.61. The van der Waals surface area contributed by atoms with E-state index in [0.717, 1.165) is 0 Å². The second-order valence-electron chi connectivity index (χ2n) is 3.60. The maximum atomic E-state index is 12.2. The first kappa shape index (κ1) is 11.9. The molecule has 15 heavy (non-hydrogen) atoms. The third-order valence-electron chi connectivity index (χ3n) is 2.26. The predicted molar refractivity (Wildman–Crippen MR) is 53.2 cm³/mol. The Kier molecular flexibility index (Phi) is 3.63. The van der Waals surface area contributed by atoms with Gasteiger partial charge in [-0.3, -0.25) is 0 Å². The molecular formula is C11H14F2O2. The van der Waals surface area contributed by atoms with Gasteiger partial charge in [0.05, 0.1) is 12.7 Å². The van der Waals surface area contributed by atoms with E-state index >= 15 is 0 Å². The van der Waals surface area contributed by atoms with Crippen LogP contribution in [-0.4, -0.2) is 18.6 Å². The molecule has 4 heteroatoms. The van der Waals surface area contributed by atoms with E-state index in [2.05, 4.69) is 0 Å². The van der Waals surface area contributed by atoms with Crippen LogP contribution >= 0.6 is 0 Å². The molecule has 1 unspecified atom stereocenters. The van der Waals surface area contributed by atoms with Crippen LogP contribution in [0.25, 0.3) is 0 Å². The van der Waals surface area contributed by atoms with Crippen LogP contribution in [0.4, 0.5) is 8.78 Å². The molecule has 0 aliphatic rings. The molecular weight excluding hydrogens is 202 g/mol. The number of methoxy groups -OCH3 is 1. The number of aliphatic hydroxyl groups is 1.